The number of sulfone groups is 1. The largest absolute Gasteiger partial charge is 0.242 e. The highest BCUT2D eigenvalue weighted by atomic mass is 35.5. The molecule has 5 nitrogen and oxygen atoms in total. The Balaban J connectivity index is 2.30. The fourth-order valence-corrected chi connectivity index (χ4v) is 5.93. The van der Waals surface area contributed by atoms with Crippen LogP contribution in [0.4, 0.5) is 0 Å². The number of hydrogen-bond acceptors (Lipinski definition) is 4. The smallest absolute Gasteiger partial charge is 0.229 e. The molecule has 10 heteroatoms. The zero-order valence-electron chi connectivity index (χ0n) is 9.94. The van der Waals surface area contributed by atoms with Crippen LogP contribution in [0.3, 0.4) is 0 Å². The summed E-state index contributed by atoms with van der Waals surface area (Å²) in [6.07, 6.45) is 0.237. The SMILES string of the molecule is O=S1(=O)CCC(NS(=O)(=O)c2cc(Cl)c(Cl)cc2Cl)C1. The summed E-state index contributed by atoms with van der Waals surface area (Å²) in [5.74, 6) is -0.250. The monoisotopic (exact) mass is 377 g/mol. The van der Waals surface area contributed by atoms with Crippen LogP contribution in [0.25, 0.3) is 0 Å². The van der Waals surface area contributed by atoms with Crippen molar-refractivity contribution in [2.75, 3.05) is 11.5 Å². The van der Waals surface area contributed by atoms with E-state index in [-0.39, 0.29) is 37.9 Å². The molecule has 1 saturated heterocycles. The van der Waals surface area contributed by atoms with Crippen molar-refractivity contribution in [1.82, 2.24) is 4.72 Å². The van der Waals surface area contributed by atoms with E-state index in [9.17, 15) is 16.8 Å². The molecule has 0 aliphatic carbocycles. The Bertz CT molecular complexity index is 746. The Morgan fingerprint density at radius 1 is 1.10 bits per heavy atom. The highest BCUT2D eigenvalue weighted by Crippen LogP contribution is 2.31. The summed E-state index contributed by atoms with van der Waals surface area (Å²) >= 11 is 17.4. The number of benzene rings is 1. The van der Waals surface area contributed by atoms with Crippen molar-refractivity contribution in [3.8, 4) is 0 Å². The predicted molar refractivity (Wildman–Crippen MR) is 78.9 cm³/mol. The van der Waals surface area contributed by atoms with Gasteiger partial charge < -0.3 is 0 Å². The molecule has 0 saturated carbocycles. The molecule has 112 valence electrons. The van der Waals surface area contributed by atoms with E-state index in [2.05, 4.69) is 4.72 Å². The minimum atomic E-state index is -3.95. The van der Waals surface area contributed by atoms with Gasteiger partial charge in [0.15, 0.2) is 9.84 Å². The number of nitrogens with one attached hydrogen (secondary N) is 1. The maximum atomic E-state index is 12.2. The minimum Gasteiger partial charge on any atom is -0.229 e. The van der Waals surface area contributed by atoms with Crippen molar-refractivity contribution in [2.45, 2.75) is 17.4 Å². The second kappa shape index (κ2) is 5.62. The van der Waals surface area contributed by atoms with Gasteiger partial charge in [0.25, 0.3) is 0 Å². The van der Waals surface area contributed by atoms with Crippen molar-refractivity contribution in [3.05, 3.63) is 27.2 Å². The fraction of sp³-hybridized carbons (Fsp3) is 0.400. The number of sulfonamides is 1. The van der Waals surface area contributed by atoms with Crippen molar-refractivity contribution in [3.63, 3.8) is 0 Å². The Labute approximate surface area is 132 Å². The van der Waals surface area contributed by atoms with Crippen molar-refractivity contribution in [2.24, 2.45) is 0 Å². The minimum absolute atomic E-state index is 0.0324. The topological polar surface area (TPSA) is 80.3 Å². The van der Waals surface area contributed by atoms with Crippen LogP contribution in [0.2, 0.25) is 15.1 Å². The highest BCUT2D eigenvalue weighted by Gasteiger charge is 2.32. The lowest BCUT2D eigenvalue weighted by Crippen LogP contribution is -2.35. The number of rotatable bonds is 3. The van der Waals surface area contributed by atoms with Crippen LogP contribution in [0.15, 0.2) is 17.0 Å². The van der Waals surface area contributed by atoms with E-state index in [1.165, 1.54) is 6.07 Å². The van der Waals surface area contributed by atoms with Crippen molar-refractivity contribution >= 4 is 54.7 Å². The first-order valence-corrected chi connectivity index (χ1v) is 9.92. The van der Waals surface area contributed by atoms with Crippen molar-refractivity contribution < 1.29 is 16.8 Å². The van der Waals surface area contributed by atoms with E-state index >= 15 is 0 Å². The van der Waals surface area contributed by atoms with Gasteiger partial charge in [0.2, 0.25) is 10.0 Å². The summed E-state index contributed by atoms with van der Waals surface area (Å²) in [7, 11) is -7.14. The van der Waals surface area contributed by atoms with Gasteiger partial charge in [-0.05, 0) is 18.6 Å². The molecule has 20 heavy (non-hydrogen) atoms. The quantitative estimate of drug-likeness (QED) is 0.817. The molecule has 1 fully saturated rings. The zero-order chi connectivity index (χ0) is 15.1. The van der Waals surface area contributed by atoms with E-state index in [0.29, 0.717) is 0 Å². The highest BCUT2D eigenvalue weighted by molar-refractivity contribution is 7.92. The average molecular weight is 379 g/mol. The molecule has 2 rings (SSSR count). The third-order valence-corrected chi connectivity index (χ3v) is 7.29. The fourth-order valence-electron chi connectivity index (χ4n) is 1.88. The van der Waals surface area contributed by atoms with Crippen LogP contribution in [0.1, 0.15) is 6.42 Å². The molecule has 1 heterocycles. The average Bonchev–Trinajstić information content (AvgIpc) is 2.62. The molecular formula is C10H10Cl3NO4S2. The molecule has 1 aliphatic rings. The normalized spacial score (nSPS) is 22.1. The zero-order valence-corrected chi connectivity index (χ0v) is 13.8. The van der Waals surface area contributed by atoms with Crippen LogP contribution in [-0.2, 0) is 19.9 Å². The van der Waals surface area contributed by atoms with E-state index in [1.54, 1.807) is 0 Å². The second-order valence-electron chi connectivity index (χ2n) is 4.42. The maximum absolute atomic E-state index is 12.2. The summed E-state index contributed by atoms with van der Waals surface area (Å²) < 4.78 is 49.4. The Hall–Kier alpha value is -0.0500. The van der Waals surface area contributed by atoms with Crippen LogP contribution in [-0.4, -0.2) is 34.4 Å². The Morgan fingerprint density at radius 2 is 1.70 bits per heavy atom. The maximum Gasteiger partial charge on any atom is 0.242 e. The van der Waals surface area contributed by atoms with Gasteiger partial charge in [-0.1, -0.05) is 34.8 Å². The first kappa shape index (κ1) is 16.3. The van der Waals surface area contributed by atoms with Gasteiger partial charge >= 0.3 is 0 Å². The molecule has 0 radical (unpaired) electrons. The van der Waals surface area contributed by atoms with E-state index in [0.717, 1.165) is 6.07 Å². The van der Waals surface area contributed by atoms with E-state index < -0.39 is 25.9 Å². The molecule has 1 aromatic carbocycles. The van der Waals surface area contributed by atoms with Crippen LogP contribution in [0, 0.1) is 0 Å². The lowest BCUT2D eigenvalue weighted by atomic mass is 10.3. The van der Waals surface area contributed by atoms with Gasteiger partial charge in [-0.15, -0.1) is 0 Å². The molecule has 0 amide bonds. The third kappa shape index (κ3) is 3.58. The van der Waals surface area contributed by atoms with Gasteiger partial charge in [0, 0.05) is 6.04 Å². The molecule has 1 aromatic rings. The lowest BCUT2D eigenvalue weighted by molar-refractivity contribution is 0.562. The Morgan fingerprint density at radius 3 is 2.25 bits per heavy atom. The second-order valence-corrected chi connectivity index (χ2v) is 9.55. The van der Waals surface area contributed by atoms with Gasteiger partial charge in [0.05, 0.1) is 26.6 Å². The van der Waals surface area contributed by atoms with Gasteiger partial charge in [0.1, 0.15) is 4.90 Å². The summed E-state index contributed by atoms with van der Waals surface area (Å²) in [4.78, 5) is -0.224. The number of hydrogen-bond donors (Lipinski definition) is 1. The summed E-state index contributed by atoms with van der Waals surface area (Å²) in [6, 6.07) is 1.71. The predicted octanol–water partition coefficient (Wildman–Crippen LogP) is 2.11. The van der Waals surface area contributed by atoms with Crippen LogP contribution in [0.5, 0.6) is 0 Å². The molecule has 0 aromatic heterocycles. The Kier molecular flexibility index (Phi) is 4.59. The molecule has 1 atom stereocenters. The van der Waals surface area contributed by atoms with Gasteiger partial charge in [-0.2, -0.15) is 0 Å². The molecular weight excluding hydrogens is 369 g/mol. The molecule has 1 aliphatic heterocycles. The number of halogens is 3. The van der Waals surface area contributed by atoms with E-state index in [1.807, 2.05) is 0 Å². The molecule has 1 unspecified atom stereocenters. The van der Waals surface area contributed by atoms with Gasteiger partial charge in [-0.3, -0.25) is 0 Å². The van der Waals surface area contributed by atoms with Crippen LogP contribution >= 0.6 is 34.8 Å². The van der Waals surface area contributed by atoms with Gasteiger partial charge in [-0.25, -0.2) is 21.6 Å². The standard InChI is InChI=1S/C10H10Cl3NO4S2/c11-7-3-9(13)10(4-8(7)12)20(17,18)14-6-1-2-19(15,16)5-6/h3-4,6,14H,1-2,5H2. The molecule has 0 bridgehead atoms. The van der Waals surface area contributed by atoms with E-state index in [4.69, 9.17) is 34.8 Å². The lowest BCUT2D eigenvalue weighted by Gasteiger charge is -2.13. The first-order chi connectivity index (χ1) is 9.11. The van der Waals surface area contributed by atoms with Crippen molar-refractivity contribution in [1.29, 1.82) is 0 Å². The summed E-state index contributed by atoms with van der Waals surface area (Å²) in [5.41, 5.74) is 0. The first-order valence-electron chi connectivity index (χ1n) is 5.48. The van der Waals surface area contributed by atoms with Crippen LogP contribution < -0.4 is 4.72 Å². The molecule has 0 spiro atoms. The molecule has 1 N–H and O–H groups in total. The summed E-state index contributed by atoms with van der Waals surface area (Å²) in [5, 5.41) is 0.113. The summed E-state index contributed by atoms with van der Waals surface area (Å²) in [6.45, 7) is 0. The third-order valence-electron chi connectivity index (χ3n) is 2.82.